The second-order valence-electron chi connectivity index (χ2n) is 4.86. The largest absolute Gasteiger partial charge is 0.361 e. The number of fused-ring (bicyclic) bond motifs is 1. The predicted molar refractivity (Wildman–Crippen MR) is 76.0 cm³/mol. The van der Waals surface area contributed by atoms with Crippen LogP contribution in [0.15, 0.2) is 30.5 Å². The average Bonchev–Trinajstić information content (AvgIpc) is 2.82. The molecule has 0 unspecified atom stereocenters. The van der Waals surface area contributed by atoms with Crippen LogP contribution in [0.3, 0.4) is 0 Å². The molecule has 0 radical (unpaired) electrons. The quantitative estimate of drug-likeness (QED) is 0.890. The topological polar surface area (TPSA) is 44.9 Å². The number of hydrogen-bond donors (Lipinski definition) is 2. The van der Waals surface area contributed by atoms with Crippen LogP contribution >= 0.6 is 0 Å². The van der Waals surface area contributed by atoms with Gasteiger partial charge in [0, 0.05) is 52.0 Å². The van der Waals surface area contributed by atoms with Crippen LogP contribution in [0.2, 0.25) is 0 Å². The van der Waals surface area contributed by atoms with Crippen LogP contribution < -0.4 is 5.32 Å². The van der Waals surface area contributed by atoms with E-state index in [0.717, 1.165) is 30.9 Å². The summed E-state index contributed by atoms with van der Waals surface area (Å²) in [6, 6.07) is 8.90. The van der Waals surface area contributed by atoms with Gasteiger partial charge in [-0.1, -0.05) is 18.2 Å². The number of para-hydroxylation sites is 1. The van der Waals surface area contributed by atoms with Gasteiger partial charge in [-0.15, -0.1) is 0 Å². The van der Waals surface area contributed by atoms with E-state index in [2.05, 4.69) is 34.7 Å². The summed E-state index contributed by atoms with van der Waals surface area (Å²) < 4.78 is 11.3. The zero-order valence-corrected chi connectivity index (χ0v) is 11.1. The SMILES string of the molecule is O=S1CCC(NCc2c[nH]c3ccccc23)CC1. The van der Waals surface area contributed by atoms with E-state index in [1.54, 1.807) is 0 Å². The molecule has 0 atom stereocenters. The lowest BCUT2D eigenvalue weighted by molar-refractivity contribution is 0.476. The van der Waals surface area contributed by atoms with Crippen LogP contribution in [-0.4, -0.2) is 26.7 Å². The molecule has 0 amide bonds. The highest BCUT2D eigenvalue weighted by atomic mass is 32.2. The van der Waals surface area contributed by atoms with Gasteiger partial charge in [0.05, 0.1) is 0 Å². The molecule has 0 bridgehead atoms. The maximum absolute atomic E-state index is 11.3. The molecule has 1 saturated heterocycles. The van der Waals surface area contributed by atoms with E-state index < -0.39 is 10.8 Å². The molecule has 1 aromatic heterocycles. The number of hydrogen-bond acceptors (Lipinski definition) is 2. The predicted octanol–water partition coefficient (Wildman–Crippen LogP) is 2.17. The highest BCUT2D eigenvalue weighted by Gasteiger charge is 2.17. The minimum atomic E-state index is -0.570. The first kappa shape index (κ1) is 11.9. The van der Waals surface area contributed by atoms with Crippen molar-refractivity contribution in [2.24, 2.45) is 0 Å². The number of aromatic amines is 1. The maximum Gasteiger partial charge on any atom is 0.0457 e. The van der Waals surface area contributed by atoms with Gasteiger partial charge < -0.3 is 10.3 Å². The van der Waals surface area contributed by atoms with Crippen molar-refractivity contribution in [3.63, 3.8) is 0 Å². The van der Waals surface area contributed by atoms with Gasteiger partial charge >= 0.3 is 0 Å². The van der Waals surface area contributed by atoms with E-state index >= 15 is 0 Å². The minimum Gasteiger partial charge on any atom is -0.361 e. The van der Waals surface area contributed by atoms with Crippen molar-refractivity contribution in [3.8, 4) is 0 Å². The Hall–Kier alpha value is -1.13. The lowest BCUT2D eigenvalue weighted by atomic mass is 10.1. The molecule has 2 heterocycles. The summed E-state index contributed by atoms with van der Waals surface area (Å²) in [6.45, 7) is 0.890. The fourth-order valence-corrected chi connectivity index (χ4v) is 3.83. The lowest BCUT2D eigenvalue weighted by Gasteiger charge is -2.22. The van der Waals surface area contributed by atoms with Crippen molar-refractivity contribution in [1.29, 1.82) is 0 Å². The molecule has 0 saturated carbocycles. The van der Waals surface area contributed by atoms with Crippen molar-refractivity contribution in [2.75, 3.05) is 11.5 Å². The molecule has 1 fully saturated rings. The molecule has 96 valence electrons. The summed E-state index contributed by atoms with van der Waals surface area (Å²) in [4.78, 5) is 3.29. The Labute approximate surface area is 109 Å². The number of aromatic nitrogens is 1. The Morgan fingerprint density at radius 1 is 1.28 bits per heavy atom. The van der Waals surface area contributed by atoms with Gasteiger partial charge in [0.2, 0.25) is 0 Å². The molecule has 4 heteroatoms. The third-order valence-electron chi connectivity index (χ3n) is 3.64. The van der Waals surface area contributed by atoms with Crippen molar-refractivity contribution in [3.05, 3.63) is 36.0 Å². The van der Waals surface area contributed by atoms with E-state index in [4.69, 9.17) is 0 Å². The van der Waals surface area contributed by atoms with Crippen molar-refractivity contribution >= 4 is 21.7 Å². The fourth-order valence-electron chi connectivity index (χ4n) is 2.53. The molecular weight excluding hydrogens is 244 g/mol. The summed E-state index contributed by atoms with van der Waals surface area (Å²) in [5.41, 5.74) is 2.51. The molecule has 1 aromatic carbocycles. The lowest BCUT2D eigenvalue weighted by Crippen LogP contribution is -2.35. The molecule has 2 aromatic rings. The first-order chi connectivity index (χ1) is 8.83. The Bertz CT molecular complexity index is 554. The Balaban J connectivity index is 1.64. The maximum atomic E-state index is 11.3. The minimum absolute atomic E-state index is 0.524. The van der Waals surface area contributed by atoms with Crippen LogP contribution in [0.5, 0.6) is 0 Å². The van der Waals surface area contributed by atoms with E-state index in [1.807, 2.05) is 6.07 Å². The molecule has 0 aliphatic carbocycles. The molecule has 18 heavy (non-hydrogen) atoms. The summed E-state index contributed by atoms with van der Waals surface area (Å²) >= 11 is 0. The molecule has 3 nitrogen and oxygen atoms in total. The summed E-state index contributed by atoms with van der Waals surface area (Å²) in [6.07, 6.45) is 4.16. The van der Waals surface area contributed by atoms with Crippen LogP contribution in [0.25, 0.3) is 10.9 Å². The zero-order chi connectivity index (χ0) is 12.4. The van der Waals surface area contributed by atoms with Crippen molar-refractivity contribution in [2.45, 2.75) is 25.4 Å². The number of benzene rings is 1. The van der Waals surface area contributed by atoms with E-state index in [0.29, 0.717) is 6.04 Å². The molecule has 2 N–H and O–H groups in total. The Kier molecular flexibility index (Phi) is 3.48. The molecule has 3 rings (SSSR count). The van der Waals surface area contributed by atoms with Gasteiger partial charge in [0.25, 0.3) is 0 Å². The number of rotatable bonds is 3. The number of H-pyrrole nitrogens is 1. The molecule has 1 aliphatic rings. The normalized spacial score (nSPS) is 24.4. The van der Waals surface area contributed by atoms with Crippen LogP contribution in [0.4, 0.5) is 0 Å². The van der Waals surface area contributed by atoms with E-state index in [1.165, 1.54) is 16.5 Å². The summed E-state index contributed by atoms with van der Waals surface area (Å²) in [7, 11) is -0.570. The first-order valence-electron chi connectivity index (χ1n) is 6.46. The van der Waals surface area contributed by atoms with Gasteiger partial charge in [-0.05, 0) is 24.5 Å². The zero-order valence-electron chi connectivity index (χ0n) is 10.3. The molecule has 1 aliphatic heterocycles. The first-order valence-corrected chi connectivity index (χ1v) is 7.95. The highest BCUT2D eigenvalue weighted by Crippen LogP contribution is 2.18. The van der Waals surface area contributed by atoms with Gasteiger partial charge in [0.1, 0.15) is 0 Å². The molecule has 0 spiro atoms. The third-order valence-corrected chi connectivity index (χ3v) is 5.03. The van der Waals surface area contributed by atoms with E-state index in [-0.39, 0.29) is 0 Å². The Morgan fingerprint density at radius 3 is 2.89 bits per heavy atom. The smallest absolute Gasteiger partial charge is 0.0457 e. The Morgan fingerprint density at radius 2 is 2.06 bits per heavy atom. The van der Waals surface area contributed by atoms with Crippen LogP contribution in [0.1, 0.15) is 18.4 Å². The van der Waals surface area contributed by atoms with Gasteiger partial charge in [0.15, 0.2) is 0 Å². The van der Waals surface area contributed by atoms with E-state index in [9.17, 15) is 4.21 Å². The standard InChI is InChI=1S/C14H18N2OS/c17-18-7-5-12(6-8-18)15-9-11-10-16-14-4-2-1-3-13(11)14/h1-4,10,12,15-16H,5-9H2. The fraction of sp³-hybridized carbons (Fsp3) is 0.429. The van der Waals surface area contributed by atoms with Gasteiger partial charge in [-0.3, -0.25) is 4.21 Å². The van der Waals surface area contributed by atoms with Crippen LogP contribution in [-0.2, 0) is 17.3 Å². The number of nitrogens with one attached hydrogen (secondary N) is 2. The second kappa shape index (κ2) is 5.24. The monoisotopic (exact) mass is 262 g/mol. The van der Waals surface area contributed by atoms with Crippen molar-refractivity contribution < 1.29 is 4.21 Å². The highest BCUT2D eigenvalue weighted by molar-refractivity contribution is 7.85. The third kappa shape index (κ3) is 2.49. The summed E-state index contributed by atoms with van der Waals surface area (Å²) in [5.74, 6) is 1.71. The van der Waals surface area contributed by atoms with Crippen LogP contribution in [0, 0.1) is 0 Å². The molecular formula is C14H18N2OS. The second-order valence-corrected chi connectivity index (χ2v) is 6.56. The van der Waals surface area contributed by atoms with Gasteiger partial charge in [-0.25, -0.2) is 0 Å². The average molecular weight is 262 g/mol. The summed E-state index contributed by atoms with van der Waals surface area (Å²) in [5, 5.41) is 4.88. The van der Waals surface area contributed by atoms with Gasteiger partial charge in [-0.2, -0.15) is 0 Å². The van der Waals surface area contributed by atoms with Crippen molar-refractivity contribution in [1.82, 2.24) is 10.3 Å².